The van der Waals surface area contributed by atoms with E-state index in [2.05, 4.69) is 27.6 Å². The molecule has 1 heterocycles. The fourth-order valence-electron chi connectivity index (χ4n) is 4.08. The van der Waals surface area contributed by atoms with Crippen LogP contribution >= 0.6 is 27.3 Å². The Morgan fingerprint density at radius 2 is 1.79 bits per heavy atom. The highest BCUT2D eigenvalue weighted by Gasteiger charge is 2.37. The van der Waals surface area contributed by atoms with Crippen molar-refractivity contribution in [2.45, 2.75) is 64.3 Å². The zero-order valence-corrected chi connectivity index (χ0v) is 18.6. The molecule has 0 aromatic carbocycles. The Hall–Kier alpha value is -1.41. The third kappa shape index (κ3) is 4.95. The molecule has 2 saturated carbocycles. The monoisotopic (exact) mass is 471 g/mol. The molecular formula is C20H26BrNO5S. The number of hydrogen-bond donors (Lipinski definition) is 0. The molecule has 154 valence electrons. The molecule has 3 rings (SSSR count). The van der Waals surface area contributed by atoms with Crippen molar-refractivity contribution in [1.82, 2.24) is 0 Å². The lowest BCUT2D eigenvalue weighted by Crippen LogP contribution is -2.46. The maximum atomic E-state index is 13.6. The van der Waals surface area contributed by atoms with Crippen LogP contribution in [0.15, 0.2) is 9.85 Å². The van der Waals surface area contributed by atoms with Gasteiger partial charge in [-0.15, -0.1) is 0 Å². The van der Waals surface area contributed by atoms with Gasteiger partial charge in [-0.05, 0) is 66.4 Å². The van der Waals surface area contributed by atoms with Gasteiger partial charge >= 0.3 is 6.16 Å². The van der Waals surface area contributed by atoms with Crippen LogP contribution in [0, 0.1) is 11.8 Å². The summed E-state index contributed by atoms with van der Waals surface area (Å²) in [5.74, 6) is 0.940. The molecule has 2 fully saturated rings. The third-order valence-corrected chi connectivity index (χ3v) is 7.24. The standard InChI is InChI=1S/C20H26BrNO5S/c1-12-3-5-13(6-4-12)18(24)22(14-7-9-15(23)10-8-14)16-11-17(21)28-19(16)27-20(25)26-2/h11-14H,3-10H2,1-2H3. The van der Waals surface area contributed by atoms with Crippen LogP contribution in [0.25, 0.3) is 0 Å². The number of carbonyl (C=O) groups is 3. The summed E-state index contributed by atoms with van der Waals surface area (Å²) in [6.07, 6.45) is 5.27. The first-order valence-electron chi connectivity index (χ1n) is 9.79. The number of Topliss-reactive ketones (excluding diaryl/α,β-unsaturated/α-hetero) is 1. The van der Waals surface area contributed by atoms with Gasteiger partial charge in [0.05, 0.1) is 16.6 Å². The van der Waals surface area contributed by atoms with Crippen molar-refractivity contribution in [2.24, 2.45) is 11.8 Å². The quantitative estimate of drug-likeness (QED) is 0.554. The molecule has 0 atom stereocenters. The van der Waals surface area contributed by atoms with E-state index in [0.717, 1.165) is 29.5 Å². The highest BCUT2D eigenvalue weighted by Crippen LogP contribution is 2.44. The SMILES string of the molecule is COC(=O)Oc1sc(Br)cc1N(C(=O)C1CCC(C)CC1)C1CCC(=O)CC1. The fraction of sp³-hybridized carbons (Fsp3) is 0.650. The van der Waals surface area contributed by atoms with Crippen LogP contribution in [0.4, 0.5) is 10.5 Å². The normalized spacial score (nSPS) is 23.3. The number of nitrogens with zero attached hydrogens (tertiary/aromatic N) is 1. The Balaban J connectivity index is 1.91. The van der Waals surface area contributed by atoms with Crippen LogP contribution in [-0.2, 0) is 14.3 Å². The van der Waals surface area contributed by atoms with E-state index < -0.39 is 6.16 Å². The van der Waals surface area contributed by atoms with Crippen molar-refractivity contribution in [3.63, 3.8) is 0 Å². The summed E-state index contributed by atoms with van der Waals surface area (Å²) >= 11 is 4.69. The van der Waals surface area contributed by atoms with Gasteiger partial charge in [0.25, 0.3) is 0 Å². The average molecular weight is 472 g/mol. The number of rotatable bonds is 4. The predicted molar refractivity (Wildman–Crippen MR) is 111 cm³/mol. The number of anilines is 1. The van der Waals surface area contributed by atoms with Gasteiger partial charge in [-0.1, -0.05) is 18.3 Å². The van der Waals surface area contributed by atoms with E-state index >= 15 is 0 Å². The largest absolute Gasteiger partial charge is 0.514 e. The number of amides is 1. The molecule has 0 aliphatic heterocycles. The van der Waals surface area contributed by atoms with E-state index in [4.69, 9.17) is 4.74 Å². The van der Waals surface area contributed by atoms with Crippen molar-refractivity contribution in [3.8, 4) is 5.06 Å². The zero-order valence-electron chi connectivity index (χ0n) is 16.2. The van der Waals surface area contributed by atoms with Crippen LogP contribution in [-0.4, -0.2) is 31.0 Å². The summed E-state index contributed by atoms with van der Waals surface area (Å²) in [4.78, 5) is 38.8. The third-order valence-electron chi connectivity index (χ3n) is 5.73. The predicted octanol–water partition coefficient (Wildman–Crippen LogP) is 5.33. The smallest absolute Gasteiger partial charge is 0.437 e. The van der Waals surface area contributed by atoms with Crippen LogP contribution in [0.3, 0.4) is 0 Å². The number of carbonyl (C=O) groups excluding carboxylic acids is 3. The minimum Gasteiger partial charge on any atom is -0.437 e. The molecule has 0 spiro atoms. The first-order chi connectivity index (χ1) is 13.4. The zero-order chi connectivity index (χ0) is 20.3. The van der Waals surface area contributed by atoms with Gasteiger partial charge in [-0.2, -0.15) is 0 Å². The first kappa shape index (κ1) is 21.3. The maximum absolute atomic E-state index is 13.6. The first-order valence-corrected chi connectivity index (χ1v) is 11.4. The number of ketones is 1. The van der Waals surface area contributed by atoms with E-state index in [0.29, 0.717) is 42.4 Å². The average Bonchev–Trinajstić information content (AvgIpc) is 3.03. The second-order valence-electron chi connectivity index (χ2n) is 7.71. The van der Waals surface area contributed by atoms with Gasteiger partial charge in [-0.3, -0.25) is 9.59 Å². The van der Waals surface area contributed by atoms with Gasteiger partial charge < -0.3 is 14.4 Å². The van der Waals surface area contributed by atoms with E-state index in [1.54, 1.807) is 4.90 Å². The van der Waals surface area contributed by atoms with E-state index in [-0.39, 0.29) is 23.7 Å². The molecule has 0 saturated heterocycles. The summed E-state index contributed by atoms with van der Waals surface area (Å²) in [7, 11) is 1.25. The van der Waals surface area contributed by atoms with E-state index in [1.165, 1.54) is 18.4 Å². The molecule has 1 aromatic rings. The number of halogens is 1. The Bertz CT molecular complexity index is 731. The summed E-state index contributed by atoms with van der Waals surface area (Å²) in [6.45, 7) is 2.23. The van der Waals surface area contributed by atoms with Crippen LogP contribution in [0.2, 0.25) is 0 Å². The van der Waals surface area contributed by atoms with Crippen molar-refractivity contribution < 1.29 is 23.9 Å². The highest BCUT2D eigenvalue weighted by atomic mass is 79.9. The van der Waals surface area contributed by atoms with Gasteiger partial charge in [0, 0.05) is 24.8 Å². The number of thiophene rings is 1. The number of ether oxygens (including phenoxy) is 2. The van der Waals surface area contributed by atoms with E-state index in [1.807, 2.05) is 6.07 Å². The molecule has 0 N–H and O–H groups in total. The van der Waals surface area contributed by atoms with Crippen LogP contribution < -0.4 is 9.64 Å². The number of methoxy groups -OCH3 is 1. The Morgan fingerprint density at radius 3 is 2.39 bits per heavy atom. The van der Waals surface area contributed by atoms with Crippen molar-refractivity contribution >= 4 is 50.8 Å². The minimum absolute atomic E-state index is 0.0292. The van der Waals surface area contributed by atoms with Gasteiger partial charge in [0.1, 0.15) is 5.78 Å². The second-order valence-corrected chi connectivity index (χ2v) is 10.1. The topological polar surface area (TPSA) is 72.9 Å². The molecule has 1 amide bonds. The molecule has 6 nitrogen and oxygen atoms in total. The summed E-state index contributed by atoms with van der Waals surface area (Å²) in [5.41, 5.74) is 0.588. The van der Waals surface area contributed by atoms with Crippen molar-refractivity contribution in [1.29, 1.82) is 0 Å². The van der Waals surface area contributed by atoms with Crippen molar-refractivity contribution in [3.05, 3.63) is 9.85 Å². The highest BCUT2D eigenvalue weighted by molar-refractivity contribution is 9.11. The Morgan fingerprint density at radius 1 is 1.14 bits per heavy atom. The molecule has 2 aliphatic carbocycles. The molecule has 0 radical (unpaired) electrons. The van der Waals surface area contributed by atoms with Gasteiger partial charge in [0.2, 0.25) is 11.0 Å². The van der Waals surface area contributed by atoms with Gasteiger partial charge in [-0.25, -0.2) is 4.79 Å². The van der Waals surface area contributed by atoms with Crippen LogP contribution in [0.1, 0.15) is 58.3 Å². The Kier molecular flexibility index (Phi) is 7.15. The van der Waals surface area contributed by atoms with E-state index in [9.17, 15) is 14.4 Å². The molecule has 0 unspecified atom stereocenters. The molecular weight excluding hydrogens is 446 g/mol. The summed E-state index contributed by atoms with van der Waals surface area (Å²) < 4.78 is 10.7. The van der Waals surface area contributed by atoms with Crippen LogP contribution in [0.5, 0.6) is 5.06 Å². The lowest BCUT2D eigenvalue weighted by molar-refractivity contribution is -0.125. The lowest BCUT2D eigenvalue weighted by atomic mass is 9.81. The van der Waals surface area contributed by atoms with Gasteiger partial charge in [0.15, 0.2) is 0 Å². The van der Waals surface area contributed by atoms with Crippen molar-refractivity contribution in [2.75, 3.05) is 12.0 Å². The fourth-order valence-corrected chi connectivity index (χ4v) is 5.45. The molecule has 0 bridgehead atoms. The molecule has 2 aliphatic rings. The Labute approximate surface area is 177 Å². The lowest BCUT2D eigenvalue weighted by Gasteiger charge is -2.37. The molecule has 8 heteroatoms. The molecule has 1 aromatic heterocycles. The number of hydrogen-bond acceptors (Lipinski definition) is 6. The molecule has 28 heavy (non-hydrogen) atoms. The minimum atomic E-state index is -0.812. The summed E-state index contributed by atoms with van der Waals surface area (Å²) in [6, 6.07) is 1.76. The summed E-state index contributed by atoms with van der Waals surface area (Å²) in [5, 5.41) is 0.341. The second kappa shape index (κ2) is 9.39. The maximum Gasteiger partial charge on any atom is 0.514 e.